The van der Waals surface area contributed by atoms with E-state index >= 15 is 0 Å². The number of carboxylic acid groups (broad SMARTS) is 1. The Balaban J connectivity index is 2.15. The lowest BCUT2D eigenvalue weighted by Gasteiger charge is -2.29. The van der Waals surface area contributed by atoms with Gasteiger partial charge in [0.2, 0.25) is 5.91 Å². The molecule has 1 aliphatic carbocycles. The first-order valence-electron chi connectivity index (χ1n) is 7.44. The predicted molar refractivity (Wildman–Crippen MR) is 80.2 cm³/mol. The van der Waals surface area contributed by atoms with E-state index in [1.807, 2.05) is 0 Å². The third-order valence-corrected chi connectivity index (χ3v) is 4.09. The molecule has 0 unspecified atom stereocenters. The second-order valence-corrected chi connectivity index (χ2v) is 6.27. The van der Waals surface area contributed by atoms with Crippen LogP contribution in [-0.2, 0) is 4.79 Å². The van der Waals surface area contributed by atoms with Gasteiger partial charge in [-0.3, -0.25) is 4.79 Å². The van der Waals surface area contributed by atoms with Gasteiger partial charge in [0.25, 0.3) is 0 Å². The van der Waals surface area contributed by atoms with Gasteiger partial charge >= 0.3 is 5.97 Å². The van der Waals surface area contributed by atoms with Gasteiger partial charge in [0.05, 0.1) is 5.56 Å². The molecule has 0 atom stereocenters. The summed E-state index contributed by atoms with van der Waals surface area (Å²) >= 11 is 0. The largest absolute Gasteiger partial charge is 0.478 e. The smallest absolute Gasteiger partial charge is 0.335 e. The number of carbonyl (C=O) groups is 2. The first-order valence-corrected chi connectivity index (χ1v) is 7.44. The summed E-state index contributed by atoms with van der Waals surface area (Å²) in [7, 11) is 0. The molecule has 114 valence electrons. The lowest BCUT2D eigenvalue weighted by atomic mass is 9.77. The van der Waals surface area contributed by atoms with E-state index in [1.54, 1.807) is 0 Å². The van der Waals surface area contributed by atoms with E-state index in [2.05, 4.69) is 24.1 Å². The van der Waals surface area contributed by atoms with Crippen molar-refractivity contribution in [3.05, 3.63) is 23.9 Å². The quantitative estimate of drug-likeness (QED) is 0.871. The first kappa shape index (κ1) is 15.5. The summed E-state index contributed by atoms with van der Waals surface area (Å²) in [6.07, 6.45) is 6.21. The Labute approximate surface area is 124 Å². The highest BCUT2D eigenvalue weighted by molar-refractivity contribution is 5.96. The molecule has 0 aliphatic heterocycles. The first-order chi connectivity index (χ1) is 9.93. The molecule has 5 nitrogen and oxygen atoms in total. The van der Waals surface area contributed by atoms with Crippen LogP contribution in [0.15, 0.2) is 18.3 Å². The molecule has 1 saturated carbocycles. The zero-order valence-corrected chi connectivity index (χ0v) is 12.6. The molecule has 2 N–H and O–H groups in total. The SMILES string of the molecule is CC(C)CC1(C(=O)Nc2cc(C(=O)O)ccn2)CCCC1. The maximum Gasteiger partial charge on any atom is 0.335 e. The van der Waals surface area contributed by atoms with Gasteiger partial charge in [-0.1, -0.05) is 26.7 Å². The molecule has 0 spiro atoms. The van der Waals surface area contributed by atoms with Crippen molar-refractivity contribution < 1.29 is 14.7 Å². The molecule has 1 fully saturated rings. The Morgan fingerprint density at radius 3 is 2.62 bits per heavy atom. The van der Waals surface area contributed by atoms with E-state index < -0.39 is 5.97 Å². The van der Waals surface area contributed by atoms with Crippen LogP contribution in [0, 0.1) is 11.3 Å². The molecule has 1 aliphatic rings. The number of carbonyl (C=O) groups excluding carboxylic acids is 1. The van der Waals surface area contributed by atoms with Crippen LogP contribution in [0.5, 0.6) is 0 Å². The van der Waals surface area contributed by atoms with Crippen LogP contribution in [0.25, 0.3) is 0 Å². The van der Waals surface area contributed by atoms with E-state index in [0.717, 1.165) is 32.1 Å². The van der Waals surface area contributed by atoms with Gasteiger partial charge in [0.15, 0.2) is 0 Å². The van der Waals surface area contributed by atoms with E-state index in [4.69, 9.17) is 5.11 Å². The fourth-order valence-corrected chi connectivity index (χ4v) is 3.24. The van der Waals surface area contributed by atoms with Crippen molar-refractivity contribution in [2.75, 3.05) is 5.32 Å². The third-order valence-electron chi connectivity index (χ3n) is 4.09. The lowest BCUT2D eigenvalue weighted by molar-refractivity contribution is -0.126. The second kappa shape index (κ2) is 6.24. The molecule has 21 heavy (non-hydrogen) atoms. The summed E-state index contributed by atoms with van der Waals surface area (Å²) in [5, 5.41) is 11.8. The molecule has 1 aromatic heterocycles. The van der Waals surface area contributed by atoms with E-state index in [0.29, 0.717) is 11.7 Å². The number of aromatic nitrogens is 1. The topological polar surface area (TPSA) is 79.3 Å². The van der Waals surface area contributed by atoms with Gasteiger partial charge in [-0.2, -0.15) is 0 Å². The standard InChI is InChI=1S/C16H22N2O3/c1-11(2)10-16(6-3-4-7-16)15(21)18-13-9-12(14(19)20)5-8-17-13/h5,8-9,11H,3-4,6-7,10H2,1-2H3,(H,19,20)(H,17,18,21). The molecule has 1 heterocycles. The minimum atomic E-state index is -1.02. The van der Waals surface area contributed by atoms with Crippen LogP contribution in [0.1, 0.15) is 56.3 Å². The van der Waals surface area contributed by atoms with Crippen molar-refractivity contribution in [3.8, 4) is 0 Å². The summed E-state index contributed by atoms with van der Waals surface area (Å²) in [6.45, 7) is 4.24. The van der Waals surface area contributed by atoms with Crippen LogP contribution >= 0.6 is 0 Å². The van der Waals surface area contributed by atoms with Crippen LogP contribution in [0.2, 0.25) is 0 Å². The number of hydrogen-bond donors (Lipinski definition) is 2. The van der Waals surface area contributed by atoms with Crippen molar-refractivity contribution in [3.63, 3.8) is 0 Å². The van der Waals surface area contributed by atoms with Crippen molar-refractivity contribution in [2.24, 2.45) is 11.3 Å². The molecule has 1 aromatic rings. The molecule has 0 aromatic carbocycles. The molecular weight excluding hydrogens is 268 g/mol. The van der Waals surface area contributed by atoms with Crippen molar-refractivity contribution >= 4 is 17.7 Å². The number of pyridine rings is 1. The predicted octanol–water partition coefficient (Wildman–Crippen LogP) is 3.32. The number of anilines is 1. The highest BCUT2D eigenvalue weighted by atomic mass is 16.4. The molecular formula is C16H22N2O3. The van der Waals surface area contributed by atoms with Crippen LogP contribution in [0.3, 0.4) is 0 Å². The number of aromatic carboxylic acids is 1. The van der Waals surface area contributed by atoms with Gasteiger partial charge in [-0.25, -0.2) is 9.78 Å². The van der Waals surface area contributed by atoms with Gasteiger partial charge in [0.1, 0.15) is 5.82 Å². The average Bonchev–Trinajstić information content (AvgIpc) is 2.88. The third kappa shape index (κ3) is 3.60. The van der Waals surface area contributed by atoms with E-state index in [9.17, 15) is 9.59 Å². The normalized spacial score (nSPS) is 16.9. The highest BCUT2D eigenvalue weighted by Gasteiger charge is 2.41. The minimum Gasteiger partial charge on any atom is -0.478 e. The van der Waals surface area contributed by atoms with Crippen molar-refractivity contribution in [1.82, 2.24) is 4.98 Å². The van der Waals surface area contributed by atoms with Gasteiger partial charge < -0.3 is 10.4 Å². The number of nitrogens with zero attached hydrogens (tertiary/aromatic N) is 1. The van der Waals surface area contributed by atoms with Crippen LogP contribution < -0.4 is 5.32 Å². The molecule has 2 rings (SSSR count). The summed E-state index contributed by atoms with van der Waals surface area (Å²) in [4.78, 5) is 27.7. The van der Waals surface area contributed by atoms with E-state index in [-0.39, 0.29) is 16.9 Å². The Morgan fingerprint density at radius 1 is 1.38 bits per heavy atom. The zero-order valence-electron chi connectivity index (χ0n) is 12.6. The Hall–Kier alpha value is -1.91. The summed E-state index contributed by atoms with van der Waals surface area (Å²) < 4.78 is 0. The average molecular weight is 290 g/mol. The fraction of sp³-hybridized carbons (Fsp3) is 0.562. The zero-order chi connectivity index (χ0) is 15.5. The molecule has 0 saturated heterocycles. The van der Waals surface area contributed by atoms with Crippen molar-refractivity contribution in [1.29, 1.82) is 0 Å². The summed E-state index contributed by atoms with van der Waals surface area (Å²) in [5.74, 6) is -0.281. The Kier molecular flexibility index (Phi) is 4.60. The second-order valence-electron chi connectivity index (χ2n) is 6.27. The minimum absolute atomic E-state index is 0.0243. The highest BCUT2D eigenvalue weighted by Crippen LogP contribution is 2.43. The lowest BCUT2D eigenvalue weighted by Crippen LogP contribution is -2.35. The van der Waals surface area contributed by atoms with Crippen LogP contribution in [0.4, 0.5) is 5.82 Å². The molecule has 0 bridgehead atoms. The maximum atomic E-state index is 12.7. The summed E-state index contributed by atoms with van der Waals surface area (Å²) in [6, 6.07) is 2.82. The molecule has 1 amide bonds. The maximum absolute atomic E-state index is 12.7. The van der Waals surface area contributed by atoms with Gasteiger partial charge in [0, 0.05) is 11.6 Å². The van der Waals surface area contributed by atoms with Gasteiger partial charge in [-0.15, -0.1) is 0 Å². The molecule has 0 radical (unpaired) electrons. The van der Waals surface area contributed by atoms with Gasteiger partial charge in [-0.05, 0) is 37.3 Å². The van der Waals surface area contributed by atoms with Crippen LogP contribution in [-0.4, -0.2) is 22.0 Å². The number of carboxylic acids is 1. The number of amides is 1. The Bertz CT molecular complexity index is 534. The number of rotatable bonds is 5. The Morgan fingerprint density at radius 2 is 2.05 bits per heavy atom. The van der Waals surface area contributed by atoms with Crippen molar-refractivity contribution in [2.45, 2.75) is 46.0 Å². The monoisotopic (exact) mass is 290 g/mol. The molecule has 5 heteroatoms. The van der Waals surface area contributed by atoms with E-state index in [1.165, 1.54) is 18.3 Å². The fourth-order valence-electron chi connectivity index (χ4n) is 3.24. The number of hydrogen-bond acceptors (Lipinski definition) is 3. The summed E-state index contributed by atoms with van der Waals surface area (Å²) in [5.41, 5.74) is -0.195. The number of nitrogens with one attached hydrogen (secondary N) is 1.